The highest BCUT2D eigenvalue weighted by atomic mass is 79.9. The number of anilines is 1. The fourth-order valence-corrected chi connectivity index (χ4v) is 7.31. The van der Waals surface area contributed by atoms with E-state index in [1.807, 2.05) is 77.7 Å². The molecule has 0 N–H and O–H groups in total. The number of ether oxygens (including phenoxy) is 1. The molecule has 7 rings (SSSR count). The molecule has 0 saturated carbocycles. The molecule has 1 fully saturated rings. The van der Waals surface area contributed by atoms with Crippen LogP contribution in [0.2, 0.25) is 0 Å². The standard InChI is InChI=1S/C34H24BrNO4/c1-40-24-11-7-10-22(19-24)29-30(31(37)20-8-3-2-4-9-20)36-27-16-15-23(35)18-21(27)14-17-28(36)34(29)32(38)25-12-5-6-13-26(25)33(34)39/h2-19,28-30H,1H3/t28-,29-,30-/m1/s1. The first-order valence-electron chi connectivity index (χ1n) is 13.1. The van der Waals surface area contributed by atoms with E-state index >= 15 is 0 Å². The molecule has 4 aromatic rings. The number of methoxy groups -OCH3 is 1. The second-order valence-electron chi connectivity index (χ2n) is 10.4. The Hall–Kier alpha value is -4.29. The lowest BCUT2D eigenvalue weighted by atomic mass is 9.64. The maximum absolute atomic E-state index is 14.7. The minimum Gasteiger partial charge on any atom is -0.497 e. The van der Waals surface area contributed by atoms with Crippen LogP contribution >= 0.6 is 15.9 Å². The van der Waals surface area contributed by atoms with Gasteiger partial charge in [0.2, 0.25) is 0 Å². The molecule has 40 heavy (non-hydrogen) atoms. The number of benzene rings is 4. The van der Waals surface area contributed by atoms with E-state index in [4.69, 9.17) is 4.74 Å². The average Bonchev–Trinajstić information content (AvgIpc) is 3.43. The van der Waals surface area contributed by atoms with E-state index < -0.39 is 23.4 Å². The molecule has 1 saturated heterocycles. The lowest BCUT2D eigenvalue weighted by Gasteiger charge is -2.37. The van der Waals surface area contributed by atoms with Gasteiger partial charge in [-0.15, -0.1) is 0 Å². The van der Waals surface area contributed by atoms with E-state index in [0.717, 1.165) is 15.7 Å². The molecular formula is C34H24BrNO4. The summed E-state index contributed by atoms with van der Waals surface area (Å²) in [7, 11) is 1.58. The molecule has 0 radical (unpaired) electrons. The Morgan fingerprint density at radius 3 is 2.25 bits per heavy atom. The third kappa shape index (κ3) is 3.29. The third-order valence-electron chi connectivity index (χ3n) is 8.55. The number of carbonyl (C=O) groups excluding carboxylic acids is 3. The van der Waals surface area contributed by atoms with Gasteiger partial charge < -0.3 is 9.64 Å². The second-order valence-corrected chi connectivity index (χ2v) is 11.3. The average molecular weight is 590 g/mol. The summed E-state index contributed by atoms with van der Waals surface area (Å²) in [5, 5.41) is 0. The van der Waals surface area contributed by atoms with Crippen molar-refractivity contribution in [2.45, 2.75) is 18.0 Å². The van der Waals surface area contributed by atoms with Crippen LogP contribution in [-0.2, 0) is 0 Å². The van der Waals surface area contributed by atoms with Crippen LogP contribution in [0.25, 0.3) is 6.08 Å². The number of ketones is 3. The van der Waals surface area contributed by atoms with Crippen LogP contribution in [0, 0.1) is 5.41 Å². The van der Waals surface area contributed by atoms with Crippen molar-refractivity contribution in [1.82, 2.24) is 0 Å². The van der Waals surface area contributed by atoms with Gasteiger partial charge in [-0.05, 0) is 41.5 Å². The molecule has 3 aliphatic rings. The number of halogens is 1. The zero-order valence-corrected chi connectivity index (χ0v) is 23.2. The fourth-order valence-electron chi connectivity index (χ4n) is 6.93. The van der Waals surface area contributed by atoms with Gasteiger partial charge in [0.15, 0.2) is 17.3 Å². The Balaban J connectivity index is 1.56. The lowest BCUT2D eigenvalue weighted by molar-refractivity contribution is 0.0665. The predicted molar refractivity (Wildman–Crippen MR) is 157 cm³/mol. The second kappa shape index (κ2) is 9.14. The minimum absolute atomic E-state index is 0.143. The van der Waals surface area contributed by atoms with Gasteiger partial charge in [-0.1, -0.05) is 94.8 Å². The molecule has 0 amide bonds. The molecule has 5 nitrogen and oxygen atoms in total. The Labute approximate surface area is 240 Å². The first-order valence-corrected chi connectivity index (χ1v) is 13.9. The maximum atomic E-state index is 14.7. The highest BCUT2D eigenvalue weighted by Crippen LogP contribution is 2.61. The summed E-state index contributed by atoms with van der Waals surface area (Å²) in [5.74, 6) is -0.810. The molecule has 0 bridgehead atoms. The largest absolute Gasteiger partial charge is 0.497 e. The number of Topliss-reactive ketones (excluding diaryl/α,β-unsaturated/α-hetero) is 3. The van der Waals surface area contributed by atoms with Crippen molar-refractivity contribution in [2.24, 2.45) is 5.41 Å². The van der Waals surface area contributed by atoms with Crippen LogP contribution in [0.4, 0.5) is 5.69 Å². The quantitative estimate of drug-likeness (QED) is 0.194. The van der Waals surface area contributed by atoms with E-state index in [1.165, 1.54) is 0 Å². The van der Waals surface area contributed by atoms with Crippen molar-refractivity contribution < 1.29 is 19.1 Å². The first kappa shape index (κ1) is 24.7. The summed E-state index contributed by atoms with van der Waals surface area (Å²) in [6, 6.07) is 27.9. The van der Waals surface area contributed by atoms with Gasteiger partial charge >= 0.3 is 0 Å². The van der Waals surface area contributed by atoms with Crippen molar-refractivity contribution in [1.29, 1.82) is 0 Å². The SMILES string of the molecule is COc1cccc([C@@H]2[C@H](C(=O)c3ccccc3)N3c4ccc(Br)cc4C=C[C@@H]3C23C(=O)c2ccccc2C3=O)c1. The normalized spacial score (nSPS) is 21.8. The van der Waals surface area contributed by atoms with Crippen molar-refractivity contribution in [3.8, 4) is 5.75 Å². The van der Waals surface area contributed by atoms with Gasteiger partial charge in [-0.25, -0.2) is 0 Å². The highest BCUT2D eigenvalue weighted by Gasteiger charge is 2.71. The minimum atomic E-state index is -1.54. The fraction of sp³-hybridized carbons (Fsp3) is 0.147. The van der Waals surface area contributed by atoms with Crippen LogP contribution < -0.4 is 9.64 Å². The molecule has 2 heterocycles. The molecule has 0 unspecified atom stereocenters. The van der Waals surface area contributed by atoms with E-state index in [-0.39, 0.29) is 17.3 Å². The van der Waals surface area contributed by atoms with Gasteiger partial charge in [0, 0.05) is 32.8 Å². The summed E-state index contributed by atoms with van der Waals surface area (Å²) in [5.41, 5.74) is 2.24. The molecule has 0 aromatic heterocycles. The van der Waals surface area contributed by atoms with Crippen LogP contribution in [0.5, 0.6) is 5.75 Å². The number of hydrogen-bond acceptors (Lipinski definition) is 5. The topological polar surface area (TPSA) is 63.7 Å². The van der Waals surface area contributed by atoms with Crippen LogP contribution in [0.1, 0.15) is 48.1 Å². The number of rotatable bonds is 4. The van der Waals surface area contributed by atoms with Crippen molar-refractivity contribution in [3.63, 3.8) is 0 Å². The van der Waals surface area contributed by atoms with Crippen LogP contribution in [0.3, 0.4) is 0 Å². The molecule has 1 spiro atoms. The summed E-state index contributed by atoms with van der Waals surface area (Å²) in [6.07, 6.45) is 3.90. The van der Waals surface area contributed by atoms with Gasteiger partial charge in [0.05, 0.1) is 13.2 Å². The molecule has 3 atom stereocenters. The smallest absolute Gasteiger partial charge is 0.185 e. The summed E-state index contributed by atoms with van der Waals surface area (Å²) >= 11 is 3.57. The molecule has 196 valence electrons. The van der Waals surface area contributed by atoms with E-state index in [2.05, 4.69) is 15.9 Å². The predicted octanol–water partition coefficient (Wildman–Crippen LogP) is 6.77. The number of carbonyl (C=O) groups is 3. The Kier molecular flexibility index (Phi) is 5.65. The first-order chi connectivity index (χ1) is 19.5. The van der Waals surface area contributed by atoms with Crippen LogP contribution in [0.15, 0.2) is 108 Å². The molecular weight excluding hydrogens is 566 g/mol. The Morgan fingerprint density at radius 1 is 0.850 bits per heavy atom. The van der Waals surface area contributed by atoms with Gasteiger partial charge in [-0.2, -0.15) is 0 Å². The lowest BCUT2D eigenvalue weighted by Crippen LogP contribution is -2.48. The summed E-state index contributed by atoms with van der Waals surface area (Å²) in [6.45, 7) is 0. The van der Waals surface area contributed by atoms with Crippen LogP contribution in [-0.4, -0.2) is 36.5 Å². The van der Waals surface area contributed by atoms with Gasteiger partial charge in [-0.3, -0.25) is 14.4 Å². The molecule has 2 aliphatic heterocycles. The Bertz CT molecular complexity index is 1710. The third-order valence-corrected chi connectivity index (χ3v) is 9.04. The van der Waals surface area contributed by atoms with Gasteiger partial charge in [0.1, 0.15) is 17.2 Å². The van der Waals surface area contributed by atoms with Crippen molar-refractivity contribution in [2.75, 3.05) is 12.0 Å². The molecule has 1 aliphatic carbocycles. The summed E-state index contributed by atoms with van der Waals surface area (Å²) < 4.78 is 6.46. The number of nitrogens with zero attached hydrogens (tertiary/aromatic N) is 1. The van der Waals surface area contributed by atoms with E-state index in [0.29, 0.717) is 28.0 Å². The van der Waals surface area contributed by atoms with Crippen molar-refractivity contribution >= 4 is 45.0 Å². The summed E-state index contributed by atoms with van der Waals surface area (Å²) in [4.78, 5) is 46.0. The monoisotopic (exact) mass is 589 g/mol. The number of hydrogen-bond donors (Lipinski definition) is 0. The Morgan fingerprint density at radius 2 is 1.55 bits per heavy atom. The zero-order chi connectivity index (χ0) is 27.6. The van der Waals surface area contributed by atoms with E-state index in [1.54, 1.807) is 43.5 Å². The van der Waals surface area contributed by atoms with Crippen molar-refractivity contribution in [3.05, 3.63) is 135 Å². The maximum Gasteiger partial charge on any atom is 0.185 e. The molecule has 6 heteroatoms. The zero-order valence-electron chi connectivity index (χ0n) is 21.6. The molecule has 4 aromatic carbocycles. The highest BCUT2D eigenvalue weighted by molar-refractivity contribution is 9.10. The van der Waals surface area contributed by atoms with Gasteiger partial charge in [0.25, 0.3) is 0 Å². The number of fused-ring (bicyclic) bond motifs is 5. The van der Waals surface area contributed by atoms with E-state index in [9.17, 15) is 14.4 Å².